The predicted molar refractivity (Wildman–Crippen MR) is 109 cm³/mol. The Hall–Kier alpha value is -2.39. The molecule has 2 aromatic carbocycles. The van der Waals surface area contributed by atoms with E-state index in [1.54, 1.807) is 12.1 Å². The van der Waals surface area contributed by atoms with Gasteiger partial charge in [-0.05, 0) is 24.6 Å². The number of sulfone groups is 1. The van der Waals surface area contributed by atoms with Crippen LogP contribution in [0.2, 0.25) is 0 Å². The van der Waals surface area contributed by atoms with Crippen LogP contribution in [0.25, 0.3) is 11.1 Å². The maximum Gasteiger partial charge on any atom is 0.257 e. The number of carbonyl (C=O) groups is 1. The Balaban J connectivity index is 1.43. The minimum Gasteiger partial charge on any atom is -0.431 e. The summed E-state index contributed by atoms with van der Waals surface area (Å²) in [7, 11) is -3.56. The van der Waals surface area contributed by atoms with Crippen LogP contribution in [0.15, 0.2) is 58.2 Å². The fourth-order valence-corrected chi connectivity index (χ4v) is 5.95. The smallest absolute Gasteiger partial charge is 0.257 e. The number of halogens is 1. The molecule has 0 N–H and O–H groups in total. The van der Waals surface area contributed by atoms with Crippen LogP contribution < -0.4 is 0 Å². The highest BCUT2D eigenvalue weighted by atomic mass is 32.2. The summed E-state index contributed by atoms with van der Waals surface area (Å²) in [6, 6.07) is 13.2. The predicted octanol–water partition coefficient (Wildman–Crippen LogP) is 3.45. The molecule has 2 heterocycles. The molecule has 3 aromatic rings. The van der Waals surface area contributed by atoms with Crippen molar-refractivity contribution in [2.75, 3.05) is 24.6 Å². The van der Waals surface area contributed by atoms with Gasteiger partial charge in [0.2, 0.25) is 5.91 Å². The van der Waals surface area contributed by atoms with Gasteiger partial charge in [0.05, 0.1) is 16.8 Å². The molecule has 1 aliphatic heterocycles. The first kappa shape index (κ1) is 19.9. The van der Waals surface area contributed by atoms with Crippen LogP contribution in [-0.2, 0) is 14.6 Å². The van der Waals surface area contributed by atoms with Crippen molar-refractivity contribution in [2.24, 2.45) is 0 Å². The van der Waals surface area contributed by atoms with E-state index in [0.717, 1.165) is 5.52 Å². The molecule has 152 valence electrons. The number of hydrogen-bond acceptors (Lipinski definition) is 6. The molecule has 29 heavy (non-hydrogen) atoms. The van der Waals surface area contributed by atoms with Crippen LogP contribution in [0.4, 0.5) is 4.39 Å². The number of thioether (sulfide) groups is 1. The van der Waals surface area contributed by atoms with Crippen molar-refractivity contribution in [3.8, 4) is 0 Å². The van der Waals surface area contributed by atoms with E-state index in [9.17, 15) is 17.6 Å². The third-order valence-corrected chi connectivity index (χ3v) is 7.86. The summed E-state index contributed by atoms with van der Waals surface area (Å²) in [6.07, 6.45) is 0.169. The summed E-state index contributed by atoms with van der Waals surface area (Å²) in [5.74, 6) is -0.822. The van der Waals surface area contributed by atoms with Gasteiger partial charge < -0.3 is 9.32 Å². The lowest BCUT2D eigenvalue weighted by Gasteiger charge is -2.19. The van der Waals surface area contributed by atoms with Crippen molar-refractivity contribution >= 4 is 38.6 Å². The van der Waals surface area contributed by atoms with Gasteiger partial charge in [0.1, 0.15) is 11.3 Å². The normalized spacial score (nSPS) is 19.2. The van der Waals surface area contributed by atoms with Crippen LogP contribution in [0.5, 0.6) is 0 Å². The number of benzene rings is 2. The van der Waals surface area contributed by atoms with Crippen molar-refractivity contribution < 1.29 is 22.0 Å². The van der Waals surface area contributed by atoms with Crippen LogP contribution in [0.3, 0.4) is 0 Å². The second-order valence-electron chi connectivity index (χ2n) is 6.78. The molecule has 1 saturated heterocycles. The molecular formula is C20H19FN2O4S2. The first-order valence-corrected chi connectivity index (χ1v) is 11.9. The Labute approximate surface area is 172 Å². The van der Waals surface area contributed by atoms with Gasteiger partial charge in [0, 0.05) is 18.7 Å². The fraction of sp³-hybridized carbons (Fsp3) is 0.300. The Kier molecular flexibility index (Phi) is 5.60. The summed E-state index contributed by atoms with van der Waals surface area (Å²) < 4.78 is 45.1. The minimum absolute atomic E-state index is 0.0945. The lowest BCUT2D eigenvalue weighted by Crippen LogP contribution is -2.34. The molecule has 1 aliphatic rings. The molecule has 0 aliphatic carbocycles. The lowest BCUT2D eigenvalue weighted by molar-refractivity contribution is -0.128. The Morgan fingerprint density at radius 3 is 2.72 bits per heavy atom. The largest absolute Gasteiger partial charge is 0.431 e. The van der Waals surface area contributed by atoms with E-state index in [1.807, 2.05) is 18.2 Å². The van der Waals surface area contributed by atoms with Crippen molar-refractivity contribution in [1.29, 1.82) is 0 Å². The number of amides is 1. The fourth-order valence-electron chi connectivity index (χ4n) is 3.41. The van der Waals surface area contributed by atoms with Crippen molar-refractivity contribution in [3.63, 3.8) is 0 Å². The third kappa shape index (κ3) is 4.30. The van der Waals surface area contributed by atoms with Gasteiger partial charge in [-0.3, -0.25) is 4.79 Å². The molecule has 0 radical (unpaired) electrons. The van der Waals surface area contributed by atoms with Crippen molar-refractivity contribution in [1.82, 2.24) is 9.88 Å². The van der Waals surface area contributed by atoms with Gasteiger partial charge in [-0.25, -0.2) is 17.8 Å². The van der Waals surface area contributed by atoms with E-state index >= 15 is 0 Å². The van der Waals surface area contributed by atoms with Gasteiger partial charge in [0.15, 0.2) is 15.4 Å². The Morgan fingerprint density at radius 2 is 1.93 bits per heavy atom. The van der Waals surface area contributed by atoms with E-state index in [2.05, 4.69) is 4.98 Å². The molecule has 9 heteroatoms. The van der Waals surface area contributed by atoms with Gasteiger partial charge >= 0.3 is 0 Å². The molecule has 1 amide bonds. The maximum absolute atomic E-state index is 14.1. The molecule has 1 aromatic heterocycles. The van der Waals surface area contributed by atoms with Crippen LogP contribution >= 0.6 is 11.8 Å². The van der Waals surface area contributed by atoms with Gasteiger partial charge in [-0.2, -0.15) is 0 Å². The highest BCUT2D eigenvalue weighted by Gasteiger charge is 2.34. The van der Waals surface area contributed by atoms with Gasteiger partial charge in [-0.1, -0.05) is 42.1 Å². The number of carbonyl (C=O) groups excluding carboxylic acids is 1. The van der Waals surface area contributed by atoms with E-state index in [4.69, 9.17) is 4.42 Å². The van der Waals surface area contributed by atoms with E-state index < -0.39 is 20.9 Å². The van der Waals surface area contributed by atoms with Crippen molar-refractivity contribution in [2.45, 2.75) is 16.9 Å². The maximum atomic E-state index is 14.1. The van der Waals surface area contributed by atoms with Crippen molar-refractivity contribution in [3.05, 3.63) is 59.9 Å². The molecule has 1 unspecified atom stereocenters. The average Bonchev–Trinajstić information content (AvgIpc) is 3.05. The number of hydrogen-bond donors (Lipinski definition) is 0. The lowest BCUT2D eigenvalue weighted by atomic mass is 10.1. The molecule has 0 saturated carbocycles. The first-order chi connectivity index (χ1) is 13.9. The minimum atomic E-state index is -3.56. The summed E-state index contributed by atoms with van der Waals surface area (Å²) in [5.41, 5.74) is 1.54. The molecule has 1 fully saturated rings. The first-order valence-electron chi connectivity index (χ1n) is 9.16. The summed E-state index contributed by atoms with van der Waals surface area (Å²) in [6.45, 7) is 0.353. The second kappa shape index (κ2) is 8.16. The van der Waals surface area contributed by atoms with E-state index in [-0.39, 0.29) is 42.5 Å². The zero-order valence-electron chi connectivity index (χ0n) is 15.5. The number of para-hydroxylation sites is 2. The van der Waals surface area contributed by atoms with E-state index in [1.165, 1.54) is 34.9 Å². The van der Waals surface area contributed by atoms with Gasteiger partial charge in [0.25, 0.3) is 5.22 Å². The van der Waals surface area contributed by atoms with Crippen LogP contribution in [-0.4, -0.2) is 48.8 Å². The molecule has 0 bridgehead atoms. The molecular weight excluding hydrogens is 415 g/mol. The zero-order valence-corrected chi connectivity index (χ0v) is 17.1. The number of rotatable bonds is 4. The van der Waals surface area contributed by atoms with E-state index in [0.29, 0.717) is 10.8 Å². The standard InChI is InChI=1S/C20H19FN2O4S2/c21-15-6-2-1-5-14(15)18-9-10-23(11-12-29(18,25)26)19(24)13-28-20-22-16-7-3-4-8-17(16)27-20/h1-8,18H,9-13H2. The number of fused-ring (bicyclic) bond motifs is 1. The molecule has 1 atom stereocenters. The Morgan fingerprint density at radius 1 is 1.17 bits per heavy atom. The summed E-state index contributed by atoms with van der Waals surface area (Å²) >= 11 is 1.18. The quantitative estimate of drug-likeness (QED) is 0.585. The third-order valence-electron chi connectivity index (χ3n) is 4.94. The van der Waals surface area contributed by atoms with Crippen LogP contribution in [0, 0.1) is 5.82 Å². The Bertz CT molecular complexity index is 1110. The monoisotopic (exact) mass is 434 g/mol. The topological polar surface area (TPSA) is 80.5 Å². The number of aromatic nitrogens is 1. The van der Waals surface area contributed by atoms with Crippen LogP contribution in [0.1, 0.15) is 17.2 Å². The molecule has 6 nitrogen and oxygen atoms in total. The number of nitrogens with zero attached hydrogens (tertiary/aromatic N) is 2. The average molecular weight is 435 g/mol. The molecule has 0 spiro atoms. The summed E-state index contributed by atoms with van der Waals surface area (Å²) in [4.78, 5) is 18.5. The zero-order chi connectivity index (χ0) is 20.4. The van der Waals surface area contributed by atoms with Gasteiger partial charge in [-0.15, -0.1) is 0 Å². The molecule has 4 rings (SSSR count). The highest BCUT2D eigenvalue weighted by Crippen LogP contribution is 2.31. The number of oxazole rings is 1. The highest BCUT2D eigenvalue weighted by molar-refractivity contribution is 7.99. The SMILES string of the molecule is O=C(CSc1nc2ccccc2o1)N1CCC(c2ccccc2F)S(=O)(=O)CC1. The summed E-state index contributed by atoms with van der Waals surface area (Å²) in [5, 5.41) is -0.544. The second-order valence-corrected chi connectivity index (χ2v) is 10.0.